The summed E-state index contributed by atoms with van der Waals surface area (Å²) in [6.45, 7) is 3.56. The molecule has 2 amide bonds. The third kappa shape index (κ3) is 4.99. The van der Waals surface area contributed by atoms with E-state index >= 15 is 0 Å². The Balaban J connectivity index is 1.87. The van der Waals surface area contributed by atoms with Crippen molar-refractivity contribution in [3.63, 3.8) is 0 Å². The largest absolute Gasteiger partial charge is 0.420 e. The Morgan fingerprint density at radius 1 is 1.19 bits per heavy atom. The van der Waals surface area contributed by atoms with Crippen LogP contribution in [0, 0.1) is 6.92 Å². The number of aryl methyl sites for hydroxylation is 1. The zero-order chi connectivity index (χ0) is 22.8. The summed E-state index contributed by atoms with van der Waals surface area (Å²) in [7, 11) is 1.51. The van der Waals surface area contributed by atoms with Gasteiger partial charge in [0.2, 0.25) is 0 Å². The summed E-state index contributed by atoms with van der Waals surface area (Å²) in [5.74, 6) is -0.508. The van der Waals surface area contributed by atoms with E-state index in [0.717, 1.165) is 17.1 Å². The quantitative estimate of drug-likeness (QED) is 0.535. The number of pyridine rings is 2. The van der Waals surface area contributed by atoms with Crippen molar-refractivity contribution in [1.29, 1.82) is 0 Å². The van der Waals surface area contributed by atoms with Crippen molar-refractivity contribution in [1.82, 2.24) is 25.0 Å². The highest BCUT2D eigenvalue weighted by molar-refractivity contribution is 9.10. The SMILES string of the molecule is CO[C@H](C)c1c(NC(=O)Nc2cnc(-n3nccn3)c(C(F)(F)F)c2)cnc(C)c1Br. The number of halogens is 4. The van der Waals surface area contributed by atoms with Crippen LogP contribution in [0.2, 0.25) is 0 Å². The van der Waals surface area contributed by atoms with Gasteiger partial charge in [-0.1, -0.05) is 0 Å². The van der Waals surface area contributed by atoms with Crippen LogP contribution in [0.25, 0.3) is 5.82 Å². The maximum absolute atomic E-state index is 13.5. The van der Waals surface area contributed by atoms with Crippen LogP contribution in [-0.4, -0.2) is 38.1 Å². The highest BCUT2D eigenvalue weighted by atomic mass is 79.9. The number of ether oxygens (including phenoxy) is 1. The van der Waals surface area contributed by atoms with Gasteiger partial charge in [-0.05, 0) is 35.8 Å². The lowest BCUT2D eigenvalue weighted by atomic mass is 10.1. The van der Waals surface area contributed by atoms with E-state index in [4.69, 9.17) is 4.74 Å². The molecule has 2 N–H and O–H groups in total. The summed E-state index contributed by atoms with van der Waals surface area (Å²) < 4.78 is 46.5. The van der Waals surface area contributed by atoms with Crippen LogP contribution in [0.1, 0.15) is 29.8 Å². The molecule has 0 aliphatic rings. The minimum Gasteiger partial charge on any atom is -0.377 e. The van der Waals surface area contributed by atoms with Gasteiger partial charge in [0.25, 0.3) is 0 Å². The van der Waals surface area contributed by atoms with Crippen molar-refractivity contribution < 1.29 is 22.7 Å². The zero-order valence-corrected chi connectivity index (χ0v) is 18.1. The predicted octanol–water partition coefficient (Wildman–Crippen LogP) is 4.50. The van der Waals surface area contributed by atoms with Gasteiger partial charge in [-0.2, -0.15) is 23.4 Å². The molecule has 0 radical (unpaired) electrons. The monoisotopic (exact) mass is 499 g/mol. The van der Waals surface area contributed by atoms with Crippen molar-refractivity contribution in [2.45, 2.75) is 26.1 Å². The average Bonchev–Trinajstić information content (AvgIpc) is 3.24. The van der Waals surface area contributed by atoms with Gasteiger partial charge in [-0.25, -0.2) is 9.78 Å². The molecule has 3 aromatic heterocycles. The van der Waals surface area contributed by atoms with Gasteiger partial charge in [-0.15, -0.1) is 4.80 Å². The molecule has 0 aliphatic heterocycles. The number of alkyl halides is 3. The molecular formula is C18H17BrF3N7O2. The highest BCUT2D eigenvalue weighted by Gasteiger charge is 2.36. The van der Waals surface area contributed by atoms with Gasteiger partial charge >= 0.3 is 12.2 Å². The van der Waals surface area contributed by atoms with E-state index in [1.54, 1.807) is 13.8 Å². The van der Waals surface area contributed by atoms with E-state index < -0.39 is 23.6 Å². The number of rotatable bonds is 5. The Kier molecular flexibility index (Phi) is 6.55. The molecule has 3 heterocycles. The molecule has 164 valence electrons. The van der Waals surface area contributed by atoms with Crippen LogP contribution >= 0.6 is 15.9 Å². The van der Waals surface area contributed by atoms with Crippen molar-refractivity contribution in [3.05, 3.63) is 52.1 Å². The second kappa shape index (κ2) is 8.98. The number of nitrogens with one attached hydrogen (secondary N) is 2. The van der Waals surface area contributed by atoms with Crippen LogP contribution in [-0.2, 0) is 10.9 Å². The first-order valence-corrected chi connectivity index (χ1v) is 9.60. The number of nitrogens with zero attached hydrogens (tertiary/aromatic N) is 5. The Hall–Kier alpha value is -3.06. The van der Waals surface area contributed by atoms with E-state index in [0.29, 0.717) is 21.4 Å². The number of hydrogen-bond donors (Lipinski definition) is 2. The van der Waals surface area contributed by atoms with Gasteiger partial charge in [0.15, 0.2) is 5.82 Å². The fraction of sp³-hybridized carbons (Fsp3) is 0.278. The number of anilines is 2. The lowest BCUT2D eigenvalue weighted by Gasteiger charge is -2.19. The zero-order valence-electron chi connectivity index (χ0n) is 16.5. The molecule has 31 heavy (non-hydrogen) atoms. The lowest BCUT2D eigenvalue weighted by Crippen LogP contribution is -2.22. The number of urea groups is 1. The molecule has 0 saturated carbocycles. The topological polar surface area (TPSA) is 107 Å². The summed E-state index contributed by atoms with van der Waals surface area (Å²) in [6, 6.07) is -0.0187. The van der Waals surface area contributed by atoms with E-state index in [-0.39, 0.29) is 11.8 Å². The first-order chi connectivity index (χ1) is 14.6. The summed E-state index contributed by atoms with van der Waals surface area (Å²) in [4.78, 5) is 21.2. The average molecular weight is 500 g/mol. The minimum atomic E-state index is -4.74. The van der Waals surface area contributed by atoms with Gasteiger partial charge in [0.1, 0.15) is 5.56 Å². The lowest BCUT2D eigenvalue weighted by molar-refractivity contribution is -0.137. The van der Waals surface area contributed by atoms with Crippen LogP contribution in [0.4, 0.5) is 29.3 Å². The second-order valence-corrected chi connectivity index (χ2v) is 7.15. The van der Waals surface area contributed by atoms with Crippen LogP contribution < -0.4 is 10.6 Å². The fourth-order valence-corrected chi connectivity index (χ4v) is 3.36. The standard InChI is InChI=1S/C18H17BrF3N7O2/c1-9-15(19)14(10(2)31-3)13(8-23-9)28-17(30)27-11-6-12(18(20,21)22)16(24-7-11)29-25-4-5-26-29/h4-8,10H,1-3H3,(H2,27,28,30)/t10-/m1/s1. The third-order valence-electron chi connectivity index (χ3n) is 4.28. The molecule has 0 unspecified atom stereocenters. The minimum absolute atomic E-state index is 0.166. The third-order valence-corrected chi connectivity index (χ3v) is 5.28. The summed E-state index contributed by atoms with van der Waals surface area (Å²) >= 11 is 3.42. The molecule has 0 saturated heterocycles. The molecule has 0 aromatic carbocycles. The molecule has 0 spiro atoms. The maximum atomic E-state index is 13.5. The normalized spacial score (nSPS) is 12.5. The molecule has 0 bridgehead atoms. The van der Waals surface area contributed by atoms with E-state index in [9.17, 15) is 18.0 Å². The predicted molar refractivity (Wildman–Crippen MR) is 109 cm³/mol. The number of carbonyl (C=O) groups is 1. The first kappa shape index (κ1) is 22.6. The molecule has 9 nitrogen and oxygen atoms in total. The Morgan fingerprint density at radius 3 is 2.48 bits per heavy atom. The van der Waals surface area contributed by atoms with Gasteiger partial charge in [-0.3, -0.25) is 4.98 Å². The van der Waals surface area contributed by atoms with Crippen LogP contribution in [0.5, 0.6) is 0 Å². The molecule has 3 aromatic rings. The van der Waals surface area contributed by atoms with Crippen LogP contribution in [0.3, 0.4) is 0 Å². The Morgan fingerprint density at radius 2 is 1.87 bits per heavy atom. The van der Waals surface area contributed by atoms with Crippen LogP contribution in [0.15, 0.2) is 35.3 Å². The van der Waals surface area contributed by atoms with Crippen molar-refractivity contribution >= 4 is 33.3 Å². The Labute approximate surface area is 183 Å². The first-order valence-electron chi connectivity index (χ1n) is 8.81. The van der Waals surface area contributed by atoms with Crippen molar-refractivity contribution in [2.75, 3.05) is 17.7 Å². The van der Waals surface area contributed by atoms with Crippen molar-refractivity contribution in [2.24, 2.45) is 0 Å². The molecule has 0 aliphatic carbocycles. The van der Waals surface area contributed by atoms with Crippen molar-refractivity contribution in [3.8, 4) is 5.82 Å². The molecular weight excluding hydrogens is 483 g/mol. The molecule has 0 fully saturated rings. The van der Waals surface area contributed by atoms with E-state index in [1.165, 1.54) is 25.7 Å². The molecule has 13 heteroatoms. The summed E-state index contributed by atoms with van der Waals surface area (Å²) in [5, 5.41) is 12.3. The number of carbonyl (C=O) groups excluding carboxylic acids is 1. The molecule has 1 atom stereocenters. The smallest absolute Gasteiger partial charge is 0.377 e. The highest BCUT2D eigenvalue weighted by Crippen LogP contribution is 2.35. The van der Waals surface area contributed by atoms with E-state index in [1.807, 2.05) is 0 Å². The Bertz CT molecular complexity index is 1090. The van der Waals surface area contributed by atoms with Gasteiger partial charge < -0.3 is 15.4 Å². The molecule has 3 rings (SSSR count). The fourth-order valence-electron chi connectivity index (χ4n) is 2.72. The van der Waals surface area contributed by atoms with E-state index in [2.05, 4.69) is 46.7 Å². The summed E-state index contributed by atoms with van der Waals surface area (Å²) in [5.41, 5.74) is 0.396. The van der Waals surface area contributed by atoms with Gasteiger partial charge in [0, 0.05) is 17.1 Å². The number of methoxy groups -OCH3 is 1. The maximum Gasteiger partial charge on any atom is 0.420 e. The second-order valence-electron chi connectivity index (χ2n) is 6.35. The summed E-state index contributed by atoms with van der Waals surface area (Å²) in [6.07, 6.45) is -0.143. The number of hydrogen-bond acceptors (Lipinski definition) is 6. The van der Waals surface area contributed by atoms with Gasteiger partial charge in [0.05, 0.1) is 48.0 Å². The number of aromatic nitrogens is 5. The number of amides is 2.